The predicted molar refractivity (Wildman–Crippen MR) is 84.0 cm³/mol. The van der Waals surface area contributed by atoms with Gasteiger partial charge < -0.3 is 5.32 Å². The number of hydrogen-bond donors (Lipinski definition) is 1. The second kappa shape index (κ2) is 5.18. The van der Waals surface area contributed by atoms with E-state index in [9.17, 15) is 4.39 Å². The number of benzene rings is 1. The molecule has 3 aromatic rings. The van der Waals surface area contributed by atoms with Crippen LogP contribution >= 0.6 is 27.3 Å². The number of hydrogen-bond acceptors (Lipinski definition) is 3. The fourth-order valence-corrected chi connectivity index (χ4v) is 3.36. The summed E-state index contributed by atoms with van der Waals surface area (Å²) in [6, 6.07) is 5.00. The number of anilines is 1. The normalized spacial score (nSPS) is 11.2. The van der Waals surface area contributed by atoms with Crippen molar-refractivity contribution in [3.05, 3.63) is 51.0 Å². The van der Waals surface area contributed by atoms with Crippen molar-refractivity contribution in [1.82, 2.24) is 9.38 Å². The third kappa shape index (κ3) is 2.45. The highest BCUT2D eigenvalue weighted by molar-refractivity contribution is 9.10. The molecule has 6 heteroatoms. The molecule has 0 bridgehead atoms. The molecular weight excluding hydrogens is 341 g/mol. The number of imidazole rings is 1. The third-order valence-electron chi connectivity index (χ3n) is 3.12. The number of fused-ring (bicyclic) bond motifs is 1. The van der Waals surface area contributed by atoms with Gasteiger partial charge in [-0.3, -0.25) is 4.40 Å². The zero-order chi connectivity index (χ0) is 14.3. The Morgan fingerprint density at radius 1 is 1.40 bits per heavy atom. The Morgan fingerprint density at radius 3 is 2.95 bits per heavy atom. The quantitative estimate of drug-likeness (QED) is 0.749. The third-order valence-corrected chi connectivity index (χ3v) is 4.51. The molecule has 1 N–H and O–H groups in total. The summed E-state index contributed by atoms with van der Waals surface area (Å²) in [7, 11) is 0. The van der Waals surface area contributed by atoms with Gasteiger partial charge in [-0.1, -0.05) is 15.9 Å². The van der Waals surface area contributed by atoms with E-state index in [1.54, 1.807) is 17.4 Å². The zero-order valence-corrected chi connectivity index (χ0v) is 13.5. The van der Waals surface area contributed by atoms with Gasteiger partial charge >= 0.3 is 0 Å². The van der Waals surface area contributed by atoms with Gasteiger partial charge in [-0.25, -0.2) is 9.37 Å². The van der Waals surface area contributed by atoms with Crippen LogP contribution in [-0.2, 0) is 6.54 Å². The molecule has 2 heterocycles. The highest BCUT2D eigenvalue weighted by atomic mass is 79.9. The minimum Gasteiger partial charge on any atom is -0.377 e. The predicted octanol–water partition coefficient (Wildman–Crippen LogP) is 4.53. The maximum absolute atomic E-state index is 13.8. The molecule has 0 radical (unpaired) electrons. The molecule has 0 amide bonds. The van der Waals surface area contributed by atoms with Gasteiger partial charge in [-0.2, -0.15) is 0 Å². The number of aromatic nitrogens is 2. The van der Waals surface area contributed by atoms with Gasteiger partial charge in [0.25, 0.3) is 0 Å². The molecule has 0 saturated heterocycles. The van der Waals surface area contributed by atoms with Gasteiger partial charge in [0.1, 0.15) is 5.82 Å². The van der Waals surface area contributed by atoms with Crippen molar-refractivity contribution in [3.8, 4) is 0 Å². The fourth-order valence-electron chi connectivity index (χ4n) is 2.13. The summed E-state index contributed by atoms with van der Waals surface area (Å²) in [5, 5.41) is 3.13. The second-order valence-electron chi connectivity index (χ2n) is 4.62. The van der Waals surface area contributed by atoms with Crippen molar-refractivity contribution in [2.45, 2.75) is 20.4 Å². The summed E-state index contributed by atoms with van der Waals surface area (Å²) in [6.07, 6.45) is 2.06. The van der Waals surface area contributed by atoms with Crippen molar-refractivity contribution in [3.63, 3.8) is 0 Å². The molecule has 0 atom stereocenters. The van der Waals surface area contributed by atoms with E-state index in [0.717, 1.165) is 20.8 Å². The van der Waals surface area contributed by atoms with E-state index in [2.05, 4.69) is 43.8 Å². The molecule has 0 unspecified atom stereocenters. The van der Waals surface area contributed by atoms with Crippen LogP contribution in [0.4, 0.5) is 10.1 Å². The van der Waals surface area contributed by atoms with Gasteiger partial charge in [-0.05, 0) is 32.0 Å². The average Bonchev–Trinajstić information content (AvgIpc) is 2.84. The Morgan fingerprint density at radius 2 is 2.20 bits per heavy atom. The summed E-state index contributed by atoms with van der Waals surface area (Å²) in [4.78, 5) is 6.71. The molecule has 3 nitrogen and oxygen atoms in total. The van der Waals surface area contributed by atoms with Crippen molar-refractivity contribution >= 4 is 37.9 Å². The number of aryl methyl sites for hydroxylation is 2. The maximum atomic E-state index is 13.8. The van der Waals surface area contributed by atoms with Crippen molar-refractivity contribution in [2.24, 2.45) is 0 Å². The van der Waals surface area contributed by atoms with Crippen LogP contribution in [0.2, 0.25) is 0 Å². The first kappa shape index (κ1) is 13.6. The van der Waals surface area contributed by atoms with Crippen LogP contribution in [0, 0.1) is 19.7 Å². The molecule has 0 aliphatic heterocycles. The monoisotopic (exact) mass is 353 g/mol. The lowest BCUT2D eigenvalue weighted by atomic mass is 10.3. The molecule has 0 aliphatic carbocycles. The Hall–Kier alpha value is -1.40. The standard InChI is InChI=1S/C14H13BrFN3S/c1-8-7-19-13(9(2)18-14(19)20-8)6-17-12-4-3-10(15)5-11(12)16/h3-5,7,17H,6H2,1-2H3. The number of nitrogens with zero attached hydrogens (tertiary/aromatic N) is 2. The average molecular weight is 354 g/mol. The summed E-state index contributed by atoms with van der Waals surface area (Å²) in [5.74, 6) is -0.265. The van der Waals surface area contributed by atoms with Crippen LogP contribution in [0.5, 0.6) is 0 Å². The molecule has 20 heavy (non-hydrogen) atoms. The first-order chi connectivity index (χ1) is 9.54. The summed E-state index contributed by atoms with van der Waals surface area (Å²) in [6.45, 7) is 4.58. The highest BCUT2D eigenvalue weighted by Crippen LogP contribution is 2.23. The van der Waals surface area contributed by atoms with E-state index < -0.39 is 0 Å². The van der Waals surface area contributed by atoms with Crippen LogP contribution in [0.1, 0.15) is 16.3 Å². The van der Waals surface area contributed by atoms with Crippen molar-refractivity contribution in [2.75, 3.05) is 5.32 Å². The molecule has 0 saturated carbocycles. The van der Waals surface area contributed by atoms with Crippen molar-refractivity contribution in [1.29, 1.82) is 0 Å². The van der Waals surface area contributed by atoms with E-state index >= 15 is 0 Å². The molecular formula is C14H13BrFN3S. The van der Waals surface area contributed by atoms with E-state index in [1.165, 1.54) is 10.9 Å². The van der Waals surface area contributed by atoms with Crippen LogP contribution in [0.3, 0.4) is 0 Å². The summed E-state index contributed by atoms with van der Waals surface area (Å²) < 4.78 is 16.6. The van der Waals surface area contributed by atoms with Gasteiger partial charge in [0.05, 0.1) is 23.6 Å². The number of thiazole rings is 1. The number of rotatable bonds is 3. The smallest absolute Gasteiger partial charge is 0.194 e. The van der Waals surface area contributed by atoms with Gasteiger partial charge in [0, 0.05) is 15.5 Å². The maximum Gasteiger partial charge on any atom is 0.194 e. The molecule has 0 fully saturated rings. The topological polar surface area (TPSA) is 29.3 Å². The van der Waals surface area contributed by atoms with E-state index in [1.807, 2.05) is 13.0 Å². The minimum absolute atomic E-state index is 0.265. The fraction of sp³-hybridized carbons (Fsp3) is 0.214. The Labute approximate surface area is 128 Å². The SMILES string of the molecule is Cc1cn2c(CNc3ccc(Br)cc3F)c(C)nc2s1. The van der Waals surface area contributed by atoms with Crippen LogP contribution in [-0.4, -0.2) is 9.38 Å². The Kier molecular flexibility index (Phi) is 3.52. The van der Waals surface area contributed by atoms with E-state index in [0.29, 0.717) is 12.2 Å². The van der Waals surface area contributed by atoms with E-state index in [4.69, 9.17) is 0 Å². The summed E-state index contributed by atoms with van der Waals surface area (Å²) in [5.41, 5.74) is 2.53. The molecule has 0 aliphatic rings. The molecule has 3 rings (SSSR count). The first-order valence-corrected chi connectivity index (χ1v) is 7.78. The van der Waals surface area contributed by atoms with Crippen LogP contribution < -0.4 is 5.32 Å². The lowest BCUT2D eigenvalue weighted by Crippen LogP contribution is -2.05. The Bertz CT molecular complexity index is 778. The lowest BCUT2D eigenvalue weighted by molar-refractivity contribution is 0.629. The molecule has 104 valence electrons. The highest BCUT2D eigenvalue weighted by Gasteiger charge is 2.11. The van der Waals surface area contributed by atoms with Crippen LogP contribution in [0.15, 0.2) is 28.9 Å². The van der Waals surface area contributed by atoms with Gasteiger partial charge in [-0.15, -0.1) is 11.3 Å². The minimum atomic E-state index is -0.265. The zero-order valence-electron chi connectivity index (χ0n) is 11.1. The molecule has 2 aromatic heterocycles. The Balaban J connectivity index is 1.87. The first-order valence-electron chi connectivity index (χ1n) is 6.17. The second-order valence-corrected chi connectivity index (χ2v) is 6.74. The summed E-state index contributed by atoms with van der Waals surface area (Å²) >= 11 is 4.91. The van der Waals surface area contributed by atoms with Gasteiger partial charge in [0.2, 0.25) is 0 Å². The van der Waals surface area contributed by atoms with Crippen LogP contribution in [0.25, 0.3) is 4.96 Å². The number of nitrogens with one attached hydrogen (secondary N) is 1. The van der Waals surface area contributed by atoms with E-state index in [-0.39, 0.29) is 5.82 Å². The largest absolute Gasteiger partial charge is 0.377 e. The molecule has 0 spiro atoms. The van der Waals surface area contributed by atoms with Crippen molar-refractivity contribution < 1.29 is 4.39 Å². The lowest BCUT2D eigenvalue weighted by Gasteiger charge is -2.08. The molecule has 1 aromatic carbocycles. The number of halogens is 2. The van der Waals surface area contributed by atoms with Gasteiger partial charge in [0.15, 0.2) is 4.96 Å².